The molecule has 1 aromatic rings. The molecule has 0 spiro atoms. The second-order valence-electron chi connectivity index (χ2n) is 5.07. The maximum absolute atomic E-state index is 6.13. The number of nitrogens with zero attached hydrogens (tertiary/aromatic N) is 1. The van der Waals surface area contributed by atoms with E-state index >= 15 is 0 Å². The minimum Gasteiger partial charge on any atom is -0.461 e. The van der Waals surface area contributed by atoms with Crippen molar-refractivity contribution in [3.05, 3.63) is 28.2 Å². The van der Waals surface area contributed by atoms with Crippen molar-refractivity contribution < 1.29 is 4.74 Å². The van der Waals surface area contributed by atoms with Crippen LogP contribution in [0, 0.1) is 5.92 Å². The highest BCUT2D eigenvalue weighted by atomic mass is 35.5. The van der Waals surface area contributed by atoms with Gasteiger partial charge < -0.3 is 10.1 Å². The van der Waals surface area contributed by atoms with E-state index in [1.165, 1.54) is 19.3 Å². The summed E-state index contributed by atoms with van der Waals surface area (Å²) in [6.07, 6.45) is 5.14. The number of fused-ring (bicyclic) bond motifs is 1. The Labute approximate surface area is 123 Å². The SMILES string of the molecule is Clc1cccc(Cl)c1NC1=NC[C@H]2CCCC[C@@H]2O1. The van der Waals surface area contributed by atoms with E-state index in [-0.39, 0.29) is 6.10 Å². The van der Waals surface area contributed by atoms with Gasteiger partial charge in [-0.25, -0.2) is 4.99 Å². The average Bonchev–Trinajstić information content (AvgIpc) is 2.43. The van der Waals surface area contributed by atoms with E-state index in [2.05, 4.69) is 10.3 Å². The third-order valence-electron chi connectivity index (χ3n) is 3.77. The van der Waals surface area contributed by atoms with Gasteiger partial charge in [0.15, 0.2) is 0 Å². The van der Waals surface area contributed by atoms with Crippen LogP contribution in [0.4, 0.5) is 5.69 Å². The van der Waals surface area contributed by atoms with Crippen LogP contribution in [0.15, 0.2) is 23.2 Å². The molecule has 1 saturated carbocycles. The lowest BCUT2D eigenvalue weighted by Crippen LogP contribution is -2.38. The van der Waals surface area contributed by atoms with E-state index in [4.69, 9.17) is 27.9 Å². The van der Waals surface area contributed by atoms with Crippen molar-refractivity contribution in [1.82, 2.24) is 0 Å². The molecule has 0 aromatic heterocycles. The van der Waals surface area contributed by atoms with Gasteiger partial charge in [0.1, 0.15) is 6.10 Å². The van der Waals surface area contributed by atoms with Gasteiger partial charge in [-0.05, 0) is 31.4 Å². The minimum absolute atomic E-state index is 0.287. The molecule has 3 nitrogen and oxygen atoms in total. The lowest BCUT2D eigenvalue weighted by Gasteiger charge is -2.34. The van der Waals surface area contributed by atoms with E-state index in [1.807, 2.05) is 6.07 Å². The van der Waals surface area contributed by atoms with Gasteiger partial charge in [0, 0.05) is 5.92 Å². The predicted octanol–water partition coefficient (Wildman–Crippen LogP) is 4.35. The van der Waals surface area contributed by atoms with E-state index in [0.29, 0.717) is 27.7 Å². The van der Waals surface area contributed by atoms with Crippen LogP contribution >= 0.6 is 23.2 Å². The van der Waals surface area contributed by atoms with E-state index in [1.54, 1.807) is 12.1 Å². The van der Waals surface area contributed by atoms with Gasteiger partial charge in [-0.1, -0.05) is 35.7 Å². The number of halogens is 2. The summed E-state index contributed by atoms with van der Waals surface area (Å²) in [5, 5.41) is 4.26. The molecule has 2 atom stereocenters. The zero-order valence-electron chi connectivity index (χ0n) is 10.5. The summed E-state index contributed by atoms with van der Waals surface area (Å²) >= 11 is 12.3. The topological polar surface area (TPSA) is 33.6 Å². The van der Waals surface area contributed by atoms with Gasteiger partial charge >= 0.3 is 0 Å². The summed E-state index contributed by atoms with van der Waals surface area (Å²) in [6, 6.07) is 5.94. The molecule has 0 amide bonds. The fraction of sp³-hybridized carbons (Fsp3) is 0.500. The third kappa shape index (κ3) is 2.82. The lowest BCUT2D eigenvalue weighted by atomic mass is 9.86. The Hall–Kier alpha value is -0.930. The standard InChI is InChI=1S/C14H16Cl2N2O/c15-10-5-3-6-11(16)13(10)18-14-17-8-9-4-1-2-7-12(9)19-14/h3,5-6,9,12H,1-2,4,7-8H2,(H,17,18)/t9-,12+/m1/s1. The van der Waals surface area contributed by atoms with Crippen molar-refractivity contribution in [3.8, 4) is 0 Å². The number of nitrogens with one attached hydrogen (secondary N) is 1. The smallest absolute Gasteiger partial charge is 0.289 e. The number of hydrogen-bond donors (Lipinski definition) is 1. The summed E-state index contributed by atoms with van der Waals surface area (Å²) in [4.78, 5) is 4.46. The Kier molecular flexibility index (Phi) is 3.85. The molecule has 19 heavy (non-hydrogen) atoms. The molecule has 1 heterocycles. The van der Waals surface area contributed by atoms with Crippen LogP contribution in [0.25, 0.3) is 0 Å². The Morgan fingerprint density at radius 1 is 1.16 bits per heavy atom. The zero-order chi connectivity index (χ0) is 13.2. The van der Waals surface area contributed by atoms with Gasteiger partial charge in [-0.3, -0.25) is 0 Å². The quantitative estimate of drug-likeness (QED) is 0.836. The van der Waals surface area contributed by atoms with Gasteiger partial charge in [0.05, 0.1) is 22.3 Å². The summed E-state index contributed by atoms with van der Waals surface area (Å²) in [7, 11) is 0. The number of ether oxygens (including phenoxy) is 1. The molecule has 1 aromatic carbocycles. The highest BCUT2D eigenvalue weighted by Crippen LogP contribution is 2.33. The van der Waals surface area contributed by atoms with Crippen molar-refractivity contribution in [2.24, 2.45) is 10.9 Å². The normalized spacial score (nSPS) is 26.1. The molecule has 0 radical (unpaired) electrons. The highest BCUT2D eigenvalue weighted by molar-refractivity contribution is 6.39. The molecular weight excluding hydrogens is 283 g/mol. The van der Waals surface area contributed by atoms with Crippen LogP contribution in [0.3, 0.4) is 0 Å². The van der Waals surface area contributed by atoms with Crippen molar-refractivity contribution >= 4 is 34.9 Å². The fourth-order valence-electron chi connectivity index (χ4n) is 2.71. The zero-order valence-corrected chi connectivity index (χ0v) is 12.0. The minimum atomic E-state index is 0.287. The number of aliphatic imine (C=N–C) groups is 1. The molecule has 1 aliphatic heterocycles. The van der Waals surface area contributed by atoms with Gasteiger partial charge in [-0.2, -0.15) is 0 Å². The number of para-hydroxylation sites is 1. The van der Waals surface area contributed by atoms with E-state index in [9.17, 15) is 0 Å². The summed E-state index contributed by atoms with van der Waals surface area (Å²) in [5.74, 6) is 0.570. The molecule has 1 N–H and O–H groups in total. The largest absolute Gasteiger partial charge is 0.461 e. The first-order valence-electron chi connectivity index (χ1n) is 6.66. The summed E-state index contributed by atoms with van der Waals surface area (Å²) in [5.41, 5.74) is 0.666. The Balaban J connectivity index is 1.75. The van der Waals surface area contributed by atoms with Crippen LogP contribution in [0.2, 0.25) is 10.0 Å². The predicted molar refractivity (Wildman–Crippen MR) is 79.2 cm³/mol. The molecule has 0 saturated heterocycles. The number of hydrogen-bond acceptors (Lipinski definition) is 3. The first kappa shape index (κ1) is 13.1. The average molecular weight is 299 g/mol. The number of amidine groups is 1. The van der Waals surface area contributed by atoms with Crippen molar-refractivity contribution in [3.63, 3.8) is 0 Å². The number of rotatable bonds is 1. The Bertz CT molecular complexity index is 484. The van der Waals surface area contributed by atoms with Crippen molar-refractivity contribution in [2.75, 3.05) is 11.9 Å². The first-order valence-corrected chi connectivity index (χ1v) is 7.42. The van der Waals surface area contributed by atoms with Crippen molar-refractivity contribution in [1.29, 1.82) is 0 Å². The van der Waals surface area contributed by atoms with Gasteiger partial charge in [0.25, 0.3) is 6.02 Å². The summed E-state index contributed by atoms with van der Waals surface area (Å²) in [6.45, 7) is 0.828. The van der Waals surface area contributed by atoms with E-state index in [0.717, 1.165) is 13.0 Å². The highest BCUT2D eigenvalue weighted by Gasteiger charge is 2.31. The molecule has 2 aliphatic rings. The van der Waals surface area contributed by atoms with Crippen LogP contribution < -0.4 is 5.32 Å². The lowest BCUT2D eigenvalue weighted by molar-refractivity contribution is 0.0718. The molecule has 0 bridgehead atoms. The number of benzene rings is 1. The molecular formula is C14H16Cl2N2O. The molecule has 5 heteroatoms. The van der Waals surface area contributed by atoms with Crippen molar-refractivity contribution in [2.45, 2.75) is 31.8 Å². The second-order valence-corrected chi connectivity index (χ2v) is 5.88. The fourth-order valence-corrected chi connectivity index (χ4v) is 3.20. The van der Waals surface area contributed by atoms with Crippen LogP contribution in [0.5, 0.6) is 0 Å². The molecule has 1 aliphatic carbocycles. The Morgan fingerprint density at radius 2 is 1.89 bits per heavy atom. The molecule has 3 rings (SSSR count). The van der Waals surface area contributed by atoms with Gasteiger partial charge in [0.2, 0.25) is 0 Å². The van der Waals surface area contributed by atoms with E-state index < -0.39 is 0 Å². The molecule has 1 fully saturated rings. The first-order chi connectivity index (χ1) is 9.24. The monoisotopic (exact) mass is 298 g/mol. The number of anilines is 1. The van der Waals surface area contributed by atoms with Crippen LogP contribution in [-0.4, -0.2) is 18.7 Å². The summed E-state index contributed by atoms with van der Waals surface area (Å²) < 4.78 is 5.93. The molecule has 102 valence electrons. The molecule has 0 unspecified atom stereocenters. The maximum atomic E-state index is 6.13. The van der Waals surface area contributed by atoms with Crippen LogP contribution in [0.1, 0.15) is 25.7 Å². The third-order valence-corrected chi connectivity index (χ3v) is 4.40. The van der Waals surface area contributed by atoms with Gasteiger partial charge in [-0.15, -0.1) is 0 Å². The van der Waals surface area contributed by atoms with Crippen LogP contribution in [-0.2, 0) is 4.74 Å². The second kappa shape index (κ2) is 5.59. The Morgan fingerprint density at radius 3 is 2.68 bits per heavy atom. The maximum Gasteiger partial charge on any atom is 0.289 e.